The molecule has 0 amide bonds. The number of benzene rings is 1. The van der Waals surface area contributed by atoms with E-state index in [1.165, 1.54) is 0 Å². The number of nitro benzene ring substituents is 1. The molecule has 9 heteroatoms. The molecule has 0 heterocycles. The predicted molar refractivity (Wildman–Crippen MR) is 44.4 cm³/mol. The van der Waals surface area contributed by atoms with E-state index in [2.05, 4.69) is 5.14 Å². The van der Waals surface area contributed by atoms with E-state index in [0.29, 0.717) is 6.07 Å². The Hall–Kier alpha value is -1.61. The van der Waals surface area contributed by atoms with Crippen molar-refractivity contribution < 1.29 is 22.1 Å². The smallest absolute Gasteiger partial charge is 0.258 e. The first-order valence-electron chi connectivity index (χ1n) is 3.39. The van der Waals surface area contributed by atoms with Crippen molar-refractivity contribution in [3.05, 3.63) is 33.9 Å². The topological polar surface area (TPSA) is 103 Å². The van der Waals surface area contributed by atoms with Gasteiger partial charge in [-0.2, -0.15) is 0 Å². The molecule has 1 aromatic carbocycles. The number of hydrogen-bond donors (Lipinski definition) is 1. The van der Waals surface area contributed by atoms with Gasteiger partial charge in [-0.05, 0) is 0 Å². The molecule has 82 valence electrons. The van der Waals surface area contributed by atoms with Crippen molar-refractivity contribution in [3.8, 4) is 0 Å². The summed E-state index contributed by atoms with van der Waals surface area (Å²) in [6, 6.07) is 0.623. The van der Waals surface area contributed by atoms with Gasteiger partial charge in [-0.1, -0.05) is 0 Å². The number of halogens is 2. The first-order valence-corrected chi connectivity index (χ1v) is 4.94. The molecule has 0 aliphatic heterocycles. The molecule has 0 aromatic heterocycles. The molecule has 0 saturated carbocycles. The van der Waals surface area contributed by atoms with Crippen LogP contribution in [0, 0.1) is 21.7 Å². The molecule has 0 bridgehead atoms. The lowest BCUT2D eigenvalue weighted by Gasteiger charge is -2.01. The van der Waals surface area contributed by atoms with Gasteiger partial charge < -0.3 is 0 Å². The van der Waals surface area contributed by atoms with Crippen molar-refractivity contribution in [2.75, 3.05) is 0 Å². The Bertz CT molecular complexity index is 528. The minimum Gasteiger partial charge on any atom is -0.258 e. The summed E-state index contributed by atoms with van der Waals surface area (Å²) in [4.78, 5) is 7.92. The van der Waals surface area contributed by atoms with E-state index in [1.54, 1.807) is 0 Å². The SMILES string of the molecule is NS(=O)(=O)c1cc([N+](=O)[O-])cc(F)c1F. The second-order valence-corrected chi connectivity index (χ2v) is 4.07. The van der Waals surface area contributed by atoms with Gasteiger partial charge >= 0.3 is 0 Å². The maximum Gasteiger partial charge on any atom is 0.273 e. The lowest BCUT2D eigenvalue weighted by molar-refractivity contribution is -0.385. The van der Waals surface area contributed by atoms with E-state index in [4.69, 9.17) is 0 Å². The van der Waals surface area contributed by atoms with E-state index in [0.717, 1.165) is 0 Å². The summed E-state index contributed by atoms with van der Waals surface area (Å²) in [7, 11) is -4.53. The van der Waals surface area contributed by atoms with Gasteiger partial charge in [0, 0.05) is 6.07 Å². The molecule has 1 aromatic rings. The van der Waals surface area contributed by atoms with Crippen molar-refractivity contribution in [1.82, 2.24) is 0 Å². The van der Waals surface area contributed by atoms with Gasteiger partial charge in [-0.25, -0.2) is 22.3 Å². The van der Waals surface area contributed by atoms with Crippen molar-refractivity contribution in [2.24, 2.45) is 5.14 Å². The van der Waals surface area contributed by atoms with E-state index >= 15 is 0 Å². The quantitative estimate of drug-likeness (QED) is 0.599. The zero-order valence-electron chi connectivity index (χ0n) is 6.98. The normalized spacial score (nSPS) is 11.4. The van der Waals surface area contributed by atoms with Crippen LogP contribution in [0.4, 0.5) is 14.5 Å². The third-order valence-electron chi connectivity index (χ3n) is 1.50. The van der Waals surface area contributed by atoms with Gasteiger partial charge in [0.2, 0.25) is 10.0 Å². The van der Waals surface area contributed by atoms with Crippen LogP contribution in [0.2, 0.25) is 0 Å². The number of nitrogens with two attached hydrogens (primary N) is 1. The molecule has 0 unspecified atom stereocenters. The highest BCUT2D eigenvalue weighted by atomic mass is 32.2. The highest BCUT2D eigenvalue weighted by molar-refractivity contribution is 7.89. The summed E-state index contributed by atoms with van der Waals surface area (Å²) in [5, 5.41) is 14.8. The van der Waals surface area contributed by atoms with Crippen LogP contribution in [0.25, 0.3) is 0 Å². The van der Waals surface area contributed by atoms with Crippen molar-refractivity contribution >= 4 is 15.7 Å². The second kappa shape index (κ2) is 3.51. The molecule has 0 fully saturated rings. The molecular formula is C6H4F2N2O4S. The van der Waals surface area contributed by atoms with Crippen LogP contribution < -0.4 is 5.14 Å². The number of sulfonamides is 1. The molecule has 0 spiro atoms. The number of hydrogen-bond acceptors (Lipinski definition) is 4. The Balaban J connectivity index is 3.59. The maximum atomic E-state index is 12.9. The second-order valence-electron chi connectivity index (χ2n) is 2.54. The Kier molecular flexibility index (Phi) is 2.69. The van der Waals surface area contributed by atoms with E-state index in [1.807, 2.05) is 0 Å². The minimum atomic E-state index is -4.53. The van der Waals surface area contributed by atoms with E-state index in [-0.39, 0.29) is 6.07 Å². The van der Waals surface area contributed by atoms with Crippen LogP contribution in [-0.2, 0) is 10.0 Å². The number of nitrogens with zero attached hydrogens (tertiary/aromatic N) is 1. The van der Waals surface area contributed by atoms with Crippen LogP contribution in [0.15, 0.2) is 17.0 Å². The maximum absolute atomic E-state index is 12.9. The molecule has 1 rings (SSSR count). The third-order valence-corrected chi connectivity index (χ3v) is 2.41. The van der Waals surface area contributed by atoms with Gasteiger partial charge in [0.05, 0.1) is 11.0 Å². The fourth-order valence-electron chi connectivity index (χ4n) is 0.863. The molecule has 0 atom stereocenters. The molecule has 0 radical (unpaired) electrons. The summed E-state index contributed by atoms with van der Waals surface area (Å²) < 4.78 is 47.1. The molecule has 2 N–H and O–H groups in total. The summed E-state index contributed by atoms with van der Waals surface area (Å²) in [6.45, 7) is 0. The van der Waals surface area contributed by atoms with Crippen molar-refractivity contribution in [2.45, 2.75) is 4.90 Å². The predicted octanol–water partition coefficient (Wildman–Crippen LogP) is 0.520. The lowest BCUT2D eigenvalue weighted by atomic mass is 10.3. The van der Waals surface area contributed by atoms with Gasteiger partial charge in [-0.15, -0.1) is 0 Å². The van der Waals surface area contributed by atoms with Gasteiger partial charge in [-0.3, -0.25) is 10.1 Å². The average molecular weight is 238 g/mol. The molecular weight excluding hydrogens is 234 g/mol. The fraction of sp³-hybridized carbons (Fsp3) is 0. The number of nitro groups is 1. The van der Waals surface area contributed by atoms with Gasteiger partial charge in [0.1, 0.15) is 4.90 Å². The van der Waals surface area contributed by atoms with Crippen LogP contribution in [-0.4, -0.2) is 13.3 Å². The van der Waals surface area contributed by atoms with E-state index in [9.17, 15) is 27.3 Å². The summed E-state index contributed by atoms with van der Waals surface area (Å²) in [6.07, 6.45) is 0. The third kappa shape index (κ3) is 2.25. The summed E-state index contributed by atoms with van der Waals surface area (Å²) in [5.41, 5.74) is -0.891. The van der Waals surface area contributed by atoms with Gasteiger partial charge in [0.25, 0.3) is 5.69 Å². The first-order chi connectivity index (χ1) is 6.73. The highest BCUT2D eigenvalue weighted by Gasteiger charge is 2.23. The van der Waals surface area contributed by atoms with Crippen LogP contribution in [0.3, 0.4) is 0 Å². The number of non-ortho nitro benzene ring substituents is 1. The Labute approximate surface area is 82.5 Å². The Morgan fingerprint density at radius 2 is 1.87 bits per heavy atom. The first kappa shape index (κ1) is 11.5. The largest absolute Gasteiger partial charge is 0.273 e. The highest BCUT2D eigenvalue weighted by Crippen LogP contribution is 2.22. The van der Waals surface area contributed by atoms with Crippen LogP contribution in [0.5, 0.6) is 0 Å². The Morgan fingerprint density at radius 1 is 1.33 bits per heavy atom. The standard InChI is InChI=1S/C6H4F2N2O4S/c7-4-1-3(10(11)12)2-5(6(4)8)15(9,13)14/h1-2H,(H2,9,13,14). The van der Waals surface area contributed by atoms with Gasteiger partial charge in [0.15, 0.2) is 11.6 Å². The fourth-order valence-corrected chi connectivity index (χ4v) is 1.49. The van der Waals surface area contributed by atoms with Crippen molar-refractivity contribution in [1.29, 1.82) is 0 Å². The molecule has 0 saturated heterocycles. The lowest BCUT2D eigenvalue weighted by Crippen LogP contribution is -2.15. The number of rotatable bonds is 2. The molecule has 0 aliphatic rings. The minimum absolute atomic E-state index is 0.268. The summed E-state index contributed by atoms with van der Waals surface area (Å²) >= 11 is 0. The zero-order chi connectivity index (χ0) is 11.8. The average Bonchev–Trinajstić information content (AvgIpc) is 2.06. The van der Waals surface area contributed by atoms with Crippen molar-refractivity contribution in [3.63, 3.8) is 0 Å². The zero-order valence-corrected chi connectivity index (χ0v) is 7.79. The van der Waals surface area contributed by atoms with E-state index < -0.39 is 37.2 Å². The van der Waals surface area contributed by atoms with Crippen LogP contribution in [0.1, 0.15) is 0 Å². The number of primary sulfonamides is 1. The summed E-state index contributed by atoms with van der Waals surface area (Å²) in [5.74, 6) is -3.38. The molecule has 15 heavy (non-hydrogen) atoms. The van der Waals surface area contributed by atoms with Crippen LogP contribution >= 0.6 is 0 Å². The molecule has 6 nitrogen and oxygen atoms in total. The molecule has 0 aliphatic carbocycles. The monoisotopic (exact) mass is 238 g/mol. The Morgan fingerprint density at radius 3 is 2.27 bits per heavy atom.